The van der Waals surface area contributed by atoms with Crippen LogP contribution in [-0.4, -0.2) is 68.8 Å². The van der Waals surface area contributed by atoms with E-state index in [0.717, 1.165) is 34.9 Å². The van der Waals surface area contributed by atoms with E-state index in [9.17, 15) is 36.6 Å². The van der Waals surface area contributed by atoms with E-state index in [1.54, 1.807) is 79.7 Å². The highest BCUT2D eigenvalue weighted by Crippen LogP contribution is 2.42. The van der Waals surface area contributed by atoms with Crippen molar-refractivity contribution in [1.82, 2.24) is 58.6 Å². The smallest absolute Gasteiger partial charge is 0.390 e. The molecular formula is C50H46F6N12O2. The number of aliphatic hydroxyl groups is 2. The molecule has 6 aromatic heterocycles. The molecule has 14 nitrogen and oxygen atoms in total. The van der Waals surface area contributed by atoms with Gasteiger partial charge in [-0.05, 0) is 111 Å². The lowest BCUT2D eigenvalue weighted by atomic mass is 9.88. The number of aryl methyl sites for hydroxylation is 4. The van der Waals surface area contributed by atoms with Gasteiger partial charge in [-0.1, -0.05) is 36.4 Å². The van der Waals surface area contributed by atoms with Gasteiger partial charge in [0.2, 0.25) is 0 Å². The maximum Gasteiger partial charge on any atom is 0.416 e. The van der Waals surface area contributed by atoms with Crippen LogP contribution in [0.2, 0.25) is 0 Å². The molecular weight excluding hydrogens is 915 g/mol. The molecule has 10 rings (SSSR count). The average Bonchev–Trinajstić information content (AvgIpc) is 4.19. The average molecular weight is 961 g/mol. The monoisotopic (exact) mass is 960 g/mol. The minimum atomic E-state index is -4.43. The molecule has 0 aliphatic carbocycles. The Hall–Kier alpha value is -7.58. The molecule has 0 saturated heterocycles. The maximum absolute atomic E-state index is 13.6. The SMILES string of the molecule is Cc1cn(-c2ccc(/C=C/c3nc4n(n3)CCC[C@@H]4c3ccccc3C(F)(F)F)nc2CO)cn1.Cc1cn(-c2ccc(/C=C/c3nc4n(n3)CCC[C@H]4c3ccccc3C(F)(F)F)nc2CO)cn1. The summed E-state index contributed by atoms with van der Waals surface area (Å²) in [6.45, 7) is 4.48. The van der Waals surface area contributed by atoms with Crippen LogP contribution in [-0.2, 0) is 38.7 Å². The molecule has 2 aliphatic rings. The summed E-state index contributed by atoms with van der Waals surface area (Å²) in [4.78, 5) is 26.5. The molecule has 0 fully saturated rings. The lowest BCUT2D eigenvalue weighted by Gasteiger charge is -2.25. The van der Waals surface area contributed by atoms with E-state index in [-0.39, 0.29) is 24.3 Å². The fraction of sp³-hybridized carbons (Fsp3) is 0.280. The van der Waals surface area contributed by atoms with Crippen LogP contribution in [0.5, 0.6) is 0 Å². The largest absolute Gasteiger partial charge is 0.416 e. The Bertz CT molecular complexity index is 2990. The number of fused-ring (bicyclic) bond motifs is 2. The second kappa shape index (κ2) is 19.8. The van der Waals surface area contributed by atoms with Gasteiger partial charge in [-0.2, -0.15) is 36.5 Å². The zero-order valence-corrected chi connectivity index (χ0v) is 37.9. The van der Waals surface area contributed by atoms with Gasteiger partial charge in [0, 0.05) is 37.3 Å². The molecule has 2 N–H and O–H groups in total. The number of benzene rings is 2. The van der Waals surface area contributed by atoms with E-state index < -0.39 is 35.3 Å². The normalized spacial score (nSPS) is 16.1. The van der Waals surface area contributed by atoms with Gasteiger partial charge in [-0.15, -0.1) is 0 Å². The van der Waals surface area contributed by atoms with Crippen LogP contribution in [0.3, 0.4) is 0 Å². The van der Waals surface area contributed by atoms with E-state index in [1.165, 1.54) is 24.3 Å². The molecule has 70 heavy (non-hydrogen) atoms. The first-order valence-electron chi connectivity index (χ1n) is 22.5. The summed E-state index contributed by atoms with van der Waals surface area (Å²) in [5.41, 5.74) is 4.53. The van der Waals surface area contributed by atoms with Gasteiger partial charge < -0.3 is 19.3 Å². The molecule has 0 radical (unpaired) electrons. The fourth-order valence-electron chi connectivity index (χ4n) is 8.92. The lowest BCUT2D eigenvalue weighted by molar-refractivity contribution is -0.139. The van der Waals surface area contributed by atoms with Gasteiger partial charge in [0.05, 0.1) is 82.5 Å². The zero-order valence-electron chi connectivity index (χ0n) is 37.9. The summed E-state index contributed by atoms with van der Waals surface area (Å²) in [5.74, 6) is 0.905. The van der Waals surface area contributed by atoms with Crippen LogP contribution in [0.1, 0.15) is 117 Å². The molecule has 2 aliphatic heterocycles. The first-order valence-corrected chi connectivity index (χ1v) is 22.5. The quantitative estimate of drug-likeness (QED) is 0.126. The Balaban J connectivity index is 0.000000174. The van der Waals surface area contributed by atoms with Crippen molar-refractivity contribution in [1.29, 1.82) is 0 Å². The Morgan fingerprint density at radius 2 is 0.971 bits per heavy atom. The summed E-state index contributed by atoms with van der Waals surface area (Å²) in [6, 6.07) is 18.6. The third-order valence-corrected chi connectivity index (χ3v) is 12.1. The summed E-state index contributed by atoms with van der Waals surface area (Å²) < 4.78 is 88.6. The summed E-state index contributed by atoms with van der Waals surface area (Å²) in [5, 5.41) is 28.6. The summed E-state index contributed by atoms with van der Waals surface area (Å²) in [6.07, 6.45) is 7.55. The molecule has 360 valence electrons. The number of halogens is 6. The number of hydrogen-bond acceptors (Lipinski definition) is 10. The molecule has 0 bridgehead atoms. The summed E-state index contributed by atoms with van der Waals surface area (Å²) >= 11 is 0. The molecule has 0 amide bonds. The first kappa shape index (κ1) is 47.5. The van der Waals surface area contributed by atoms with Gasteiger partial charge in [-0.25, -0.2) is 39.3 Å². The minimum absolute atomic E-state index is 0.225. The van der Waals surface area contributed by atoms with Crippen LogP contribution in [0.25, 0.3) is 35.7 Å². The minimum Gasteiger partial charge on any atom is -0.390 e. The highest BCUT2D eigenvalue weighted by molar-refractivity contribution is 5.66. The van der Waals surface area contributed by atoms with Gasteiger partial charge in [0.25, 0.3) is 0 Å². The molecule has 0 spiro atoms. The number of imidazole rings is 2. The number of nitrogens with zero attached hydrogens (tertiary/aromatic N) is 12. The maximum atomic E-state index is 13.6. The van der Waals surface area contributed by atoms with Crippen molar-refractivity contribution in [3.63, 3.8) is 0 Å². The van der Waals surface area contributed by atoms with Crippen molar-refractivity contribution in [3.05, 3.63) is 178 Å². The van der Waals surface area contributed by atoms with E-state index >= 15 is 0 Å². The molecule has 0 unspecified atom stereocenters. The Morgan fingerprint density at radius 3 is 1.34 bits per heavy atom. The number of rotatable bonds is 10. The predicted molar refractivity (Wildman–Crippen MR) is 247 cm³/mol. The van der Waals surface area contributed by atoms with Gasteiger partial charge in [0.1, 0.15) is 11.6 Å². The third kappa shape index (κ3) is 10.2. The van der Waals surface area contributed by atoms with Crippen molar-refractivity contribution in [3.8, 4) is 11.4 Å². The fourth-order valence-corrected chi connectivity index (χ4v) is 8.92. The van der Waals surface area contributed by atoms with Crippen LogP contribution in [0.15, 0.2) is 97.8 Å². The van der Waals surface area contributed by atoms with Gasteiger partial charge in [-0.3, -0.25) is 0 Å². The van der Waals surface area contributed by atoms with Gasteiger partial charge in [0.15, 0.2) is 11.6 Å². The highest BCUT2D eigenvalue weighted by atomic mass is 19.4. The van der Waals surface area contributed by atoms with Crippen LogP contribution >= 0.6 is 0 Å². The molecule has 2 atom stereocenters. The number of hydrogen-bond donors (Lipinski definition) is 2. The van der Waals surface area contributed by atoms with Crippen molar-refractivity contribution >= 4 is 24.3 Å². The highest BCUT2D eigenvalue weighted by Gasteiger charge is 2.39. The Morgan fingerprint density at radius 1 is 0.557 bits per heavy atom. The number of aliphatic hydroxyl groups excluding tert-OH is 2. The second-order valence-corrected chi connectivity index (χ2v) is 16.9. The van der Waals surface area contributed by atoms with E-state index in [0.29, 0.717) is 84.8 Å². The van der Waals surface area contributed by atoms with Crippen molar-refractivity contribution < 1.29 is 36.6 Å². The topological polar surface area (TPSA) is 163 Å². The number of aromatic nitrogens is 12. The first-order chi connectivity index (χ1) is 33.7. The summed E-state index contributed by atoms with van der Waals surface area (Å²) in [7, 11) is 0. The van der Waals surface area contributed by atoms with Crippen LogP contribution in [0, 0.1) is 13.8 Å². The number of alkyl halides is 6. The van der Waals surface area contributed by atoms with Crippen LogP contribution < -0.4 is 0 Å². The number of pyridine rings is 2. The molecule has 20 heteroatoms. The third-order valence-electron chi connectivity index (χ3n) is 12.1. The lowest BCUT2D eigenvalue weighted by Crippen LogP contribution is -2.21. The Kier molecular flexibility index (Phi) is 13.4. The molecule has 0 saturated carbocycles. The molecule has 8 heterocycles. The second-order valence-electron chi connectivity index (χ2n) is 16.9. The Labute approximate surface area is 397 Å². The van der Waals surface area contributed by atoms with Crippen molar-refractivity contribution in [2.24, 2.45) is 0 Å². The standard InChI is InChI=1S/2C25H23F3N6O/c2*1-16-13-33(15-29-16)22-10-8-17(30-21(22)14-35)9-11-23-31-24-19(6-4-12-34(24)32-23)18-5-2-3-7-20(18)25(26,27)28/h2*2-3,5,7-11,13,15,19,35H,4,6,12,14H2,1H3/b2*11-9+/t2*19-/m10/s1. The molecule has 2 aromatic carbocycles. The molecule has 8 aromatic rings. The van der Waals surface area contributed by atoms with Crippen LogP contribution in [0.4, 0.5) is 26.3 Å². The van der Waals surface area contributed by atoms with Crippen molar-refractivity contribution in [2.45, 2.75) is 90.0 Å². The van der Waals surface area contributed by atoms with E-state index in [2.05, 4.69) is 40.1 Å². The van der Waals surface area contributed by atoms with E-state index in [1.807, 2.05) is 38.4 Å². The van der Waals surface area contributed by atoms with E-state index in [4.69, 9.17) is 0 Å². The predicted octanol–water partition coefficient (Wildman–Crippen LogP) is 9.55. The van der Waals surface area contributed by atoms with Crippen molar-refractivity contribution in [2.75, 3.05) is 0 Å². The zero-order chi connectivity index (χ0) is 49.2. The van der Waals surface area contributed by atoms with Gasteiger partial charge >= 0.3 is 12.4 Å².